The quantitative estimate of drug-likeness (QED) is 0.878. The van der Waals surface area contributed by atoms with Crippen molar-refractivity contribution in [3.8, 4) is 17.0 Å². The number of hydrogen-bond donors (Lipinski definition) is 1. The molecule has 0 atom stereocenters. The second-order valence-electron chi connectivity index (χ2n) is 3.97. The van der Waals surface area contributed by atoms with E-state index in [1.54, 1.807) is 12.3 Å². The molecule has 0 bridgehead atoms. The zero-order valence-electron chi connectivity index (χ0n) is 10.0. The Morgan fingerprint density at radius 1 is 1.24 bits per heavy atom. The molecular formula is C13H15N3O. The molecule has 0 amide bonds. The molecule has 0 radical (unpaired) electrons. The van der Waals surface area contributed by atoms with Gasteiger partial charge in [-0.3, -0.25) is 4.98 Å². The molecule has 1 N–H and O–H groups in total. The summed E-state index contributed by atoms with van der Waals surface area (Å²) in [5, 5.41) is 9.46. The second-order valence-corrected chi connectivity index (χ2v) is 3.97. The smallest absolute Gasteiger partial charge is 0.134 e. The summed E-state index contributed by atoms with van der Waals surface area (Å²) < 4.78 is 0. The molecule has 2 aromatic rings. The first-order valence-corrected chi connectivity index (χ1v) is 5.67. The van der Waals surface area contributed by atoms with E-state index in [1.165, 1.54) is 6.20 Å². The Hall–Kier alpha value is -1.97. The van der Waals surface area contributed by atoms with E-state index in [4.69, 9.17) is 0 Å². The standard InChI is InChI=1S/C13H15N3O/c1-3-4-10-7-15-9(2)16-13(10)11-5-12(17)8-14-6-11/h5-8,17H,3-4H2,1-2H3. The summed E-state index contributed by atoms with van der Waals surface area (Å²) in [6, 6.07) is 1.67. The van der Waals surface area contributed by atoms with Crippen LogP contribution in [-0.2, 0) is 6.42 Å². The Morgan fingerprint density at radius 3 is 2.76 bits per heavy atom. The fourth-order valence-corrected chi connectivity index (χ4v) is 1.75. The summed E-state index contributed by atoms with van der Waals surface area (Å²) in [4.78, 5) is 12.6. The highest BCUT2D eigenvalue weighted by molar-refractivity contribution is 5.63. The summed E-state index contributed by atoms with van der Waals surface area (Å²) >= 11 is 0. The average molecular weight is 229 g/mol. The number of rotatable bonds is 3. The first-order valence-electron chi connectivity index (χ1n) is 5.67. The van der Waals surface area contributed by atoms with Gasteiger partial charge in [0.1, 0.15) is 11.6 Å². The van der Waals surface area contributed by atoms with Gasteiger partial charge in [0.25, 0.3) is 0 Å². The van der Waals surface area contributed by atoms with Crippen molar-refractivity contribution in [2.75, 3.05) is 0 Å². The van der Waals surface area contributed by atoms with E-state index in [0.717, 1.165) is 35.5 Å². The SMILES string of the molecule is CCCc1cnc(C)nc1-c1cncc(O)c1. The summed E-state index contributed by atoms with van der Waals surface area (Å²) in [7, 11) is 0. The van der Waals surface area contributed by atoms with Crippen LogP contribution in [0.3, 0.4) is 0 Å². The first-order chi connectivity index (χ1) is 8.20. The molecule has 2 heterocycles. The molecule has 0 unspecified atom stereocenters. The van der Waals surface area contributed by atoms with Crippen molar-refractivity contribution in [2.45, 2.75) is 26.7 Å². The van der Waals surface area contributed by atoms with E-state index in [9.17, 15) is 5.11 Å². The number of hydrogen-bond acceptors (Lipinski definition) is 4. The molecule has 17 heavy (non-hydrogen) atoms. The lowest BCUT2D eigenvalue weighted by molar-refractivity contribution is 0.473. The molecule has 4 heteroatoms. The summed E-state index contributed by atoms with van der Waals surface area (Å²) in [6.45, 7) is 3.97. The van der Waals surface area contributed by atoms with Gasteiger partial charge in [0.2, 0.25) is 0 Å². The van der Waals surface area contributed by atoms with E-state index in [1.807, 2.05) is 13.1 Å². The maximum Gasteiger partial charge on any atom is 0.134 e. The lowest BCUT2D eigenvalue weighted by atomic mass is 10.1. The predicted molar refractivity (Wildman–Crippen MR) is 65.7 cm³/mol. The second kappa shape index (κ2) is 4.91. The van der Waals surface area contributed by atoms with Crippen molar-refractivity contribution in [3.05, 3.63) is 36.0 Å². The molecule has 0 spiro atoms. The highest BCUT2D eigenvalue weighted by atomic mass is 16.3. The van der Waals surface area contributed by atoms with Gasteiger partial charge in [0, 0.05) is 18.0 Å². The Balaban J connectivity index is 2.52. The van der Waals surface area contributed by atoms with Gasteiger partial charge in [-0.15, -0.1) is 0 Å². The summed E-state index contributed by atoms with van der Waals surface area (Å²) in [6.07, 6.45) is 6.93. The minimum atomic E-state index is 0.154. The normalized spacial score (nSPS) is 10.5. The van der Waals surface area contributed by atoms with Crippen LogP contribution in [0, 0.1) is 6.92 Å². The van der Waals surface area contributed by atoms with Crippen LogP contribution in [-0.4, -0.2) is 20.1 Å². The highest BCUT2D eigenvalue weighted by Gasteiger charge is 2.08. The minimum absolute atomic E-state index is 0.154. The van der Waals surface area contributed by atoms with Crippen molar-refractivity contribution in [3.63, 3.8) is 0 Å². The molecule has 2 aromatic heterocycles. The van der Waals surface area contributed by atoms with Crippen LogP contribution >= 0.6 is 0 Å². The zero-order chi connectivity index (χ0) is 12.3. The topological polar surface area (TPSA) is 58.9 Å². The number of pyridine rings is 1. The van der Waals surface area contributed by atoms with Crippen LogP contribution in [0.2, 0.25) is 0 Å². The van der Waals surface area contributed by atoms with E-state index in [2.05, 4.69) is 21.9 Å². The zero-order valence-corrected chi connectivity index (χ0v) is 10.0. The molecule has 0 aliphatic rings. The molecule has 0 aromatic carbocycles. The van der Waals surface area contributed by atoms with Crippen LogP contribution in [0.4, 0.5) is 0 Å². The van der Waals surface area contributed by atoms with Crippen LogP contribution in [0.5, 0.6) is 5.75 Å². The largest absolute Gasteiger partial charge is 0.506 e. The Labute approximate surface area is 100 Å². The fraction of sp³-hybridized carbons (Fsp3) is 0.308. The van der Waals surface area contributed by atoms with E-state index >= 15 is 0 Å². The van der Waals surface area contributed by atoms with E-state index in [-0.39, 0.29) is 5.75 Å². The maximum atomic E-state index is 9.46. The van der Waals surface area contributed by atoms with Gasteiger partial charge >= 0.3 is 0 Å². The lowest BCUT2D eigenvalue weighted by Crippen LogP contribution is -1.98. The number of aryl methyl sites for hydroxylation is 2. The van der Waals surface area contributed by atoms with Crippen molar-refractivity contribution >= 4 is 0 Å². The Morgan fingerprint density at radius 2 is 2.06 bits per heavy atom. The third-order valence-electron chi connectivity index (χ3n) is 2.50. The fourth-order valence-electron chi connectivity index (χ4n) is 1.75. The third-order valence-corrected chi connectivity index (χ3v) is 2.50. The summed E-state index contributed by atoms with van der Waals surface area (Å²) in [5.41, 5.74) is 2.78. The van der Waals surface area contributed by atoms with Crippen molar-refractivity contribution in [1.82, 2.24) is 15.0 Å². The number of nitrogens with zero attached hydrogens (tertiary/aromatic N) is 3. The maximum absolute atomic E-state index is 9.46. The van der Waals surface area contributed by atoms with Crippen LogP contribution in [0.25, 0.3) is 11.3 Å². The molecule has 88 valence electrons. The van der Waals surface area contributed by atoms with Gasteiger partial charge in [-0.2, -0.15) is 0 Å². The van der Waals surface area contributed by atoms with Gasteiger partial charge in [-0.1, -0.05) is 13.3 Å². The molecule has 0 aliphatic heterocycles. The van der Waals surface area contributed by atoms with Crippen LogP contribution in [0.1, 0.15) is 24.7 Å². The number of aromatic nitrogens is 3. The lowest BCUT2D eigenvalue weighted by Gasteiger charge is -2.08. The molecule has 4 nitrogen and oxygen atoms in total. The molecule has 0 saturated heterocycles. The van der Waals surface area contributed by atoms with Gasteiger partial charge in [0.05, 0.1) is 11.9 Å². The Bertz CT molecular complexity index is 526. The van der Waals surface area contributed by atoms with Gasteiger partial charge in [-0.25, -0.2) is 9.97 Å². The molecular weight excluding hydrogens is 214 g/mol. The van der Waals surface area contributed by atoms with E-state index < -0.39 is 0 Å². The van der Waals surface area contributed by atoms with Crippen molar-refractivity contribution in [2.24, 2.45) is 0 Å². The third kappa shape index (κ3) is 2.58. The molecule has 0 fully saturated rings. The van der Waals surface area contributed by atoms with Crippen LogP contribution in [0.15, 0.2) is 24.7 Å². The van der Waals surface area contributed by atoms with Crippen LogP contribution < -0.4 is 0 Å². The highest BCUT2D eigenvalue weighted by Crippen LogP contribution is 2.24. The van der Waals surface area contributed by atoms with Gasteiger partial charge in [-0.05, 0) is 25.0 Å². The summed E-state index contributed by atoms with van der Waals surface area (Å²) in [5.74, 6) is 0.879. The molecule has 0 saturated carbocycles. The minimum Gasteiger partial charge on any atom is -0.506 e. The van der Waals surface area contributed by atoms with Crippen molar-refractivity contribution < 1.29 is 5.11 Å². The predicted octanol–water partition coefficient (Wildman–Crippen LogP) is 2.51. The van der Waals surface area contributed by atoms with Crippen molar-refractivity contribution in [1.29, 1.82) is 0 Å². The molecule has 2 rings (SSSR count). The van der Waals surface area contributed by atoms with Gasteiger partial charge < -0.3 is 5.11 Å². The monoisotopic (exact) mass is 229 g/mol. The number of aromatic hydroxyl groups is 1. The first kappa shape index (κ1) is 11.5. The average Bonchev–Trinajstić information content (AvgIpc) is 2.32. The molecule has 0 aliphatic carbocycles. The van der Waals surface area contributed by atoms with Gasteiger partial charge in [0.15, 0.2) is 0 Å². The Kier molecular flexibility index (Phi) is 3.32. The van der Waals surface area contributed by atoms with E-state index in [0.29, 0.717) is 0 Å².